The van der Waals surface area contributed by atoms with E-state index in [-0.39, 0.29) is 5.92 Å². The molecule has 0 saturated carbocycles. The Morgan fingerprint density at radius 2 is 1.52 bits per heavy atom. The molecular formula is C15H22O6. The summed E-state index contributed by atoms with van der Waals surface area (Å²) in [4.78, 5) is 33.8. The molecule has 1 rings (SSSR count). The largest absolute Gasteiger partial charge is 0.458 e. The predicted molar refractivity (Wildman–Crippen MR) is 74.2 cm³/mol. The zero-order valence-electron chi connectivity index (χ0n) is 13.0. The van der Waals surface area contributed by atoms with Crippen molar-refractivity contribution >= 4 is 17.9 Å². The van der Waals surface area contributed by atoms with Gasteiger partial charge in [-0.25, -0.2) is 0 Å². The van der Waals surface area contributed by atoms with Gasteiger partial charge in [0.05, 0.1) is 0 Å². The molecule has 0 fully saturated rings. The number of rotatable bonds is 4. The fourth-order valence-corrected chi connectivity index (χ4v) is 2.31. The Morgan fingerprint density at radius 3 is 1.95 bits per heavy atom. The molecule has 0 aromatic rings. The van der Waals surface area contributed by atoms with Gasteiger partial charge >= 0.3 is 17.9 Å². The Morgan fingerprint density at radius 1 is 1.00 bits per heavy atom. The van der Waals surface area contributed by atoms with Crippen molar-refractivity contribution in [3.8, 4) is 0 Å². The van der Waals surface area contributed by atoms with Crippen LogP contribution in [0.5, 0.6) is 0 Å². The van der Waals surface area contributed by atoms with E-state index < -0.39 is 36.2 Å². The summed E-state index contributed by atoms with van der Waals surface area (Å²) in [5.41, 5.74) is 0.996. The fourth-order valence-electron chi connectivity index (χ4n) is 2.31. The van der Waals surface area contributed by atoms with Crippen molar-refractivity contribution in [2.24, 2.45) is 5.92 Å². The lowest BCUT2D eigenvalue weighted by Crippen LogP contribution is -2.47. The second kappa shape index (κ2) is 7.24. The molecule has 0 N–H and O–H groups in total. The zero-order valence-corrected chi connectivity index (χ0v) is 13.0. The van der Waals surface area contributed by atoms with E-state index in [0.717, 1.165) is 5.57 Å². The number of carbonyl (C=O) groups is 3. The summed E-state index contributed by atoms with van der Waals surface area (Å²) in [6.45, 7) is 7.82. The Labute approximate surface area is 124 Å². The maximum atomic E-state index is 11.3. The molecule has 6 heteroatoms. The highest BCUT2D eigenvalue weighted by Crippen LogP contribution is 2.30. The van der Waals surface area contributed by atoms with E-state index >= 15 is 0 Å². The first-order valence-electron chi connectivity index (χ1n) is 6.93. The normalized spacial score (nSPS) is 25.0. The summed E-state index contributed by atoms with van der Waals surface area (Å²) in [5.74, 6) is -1.26. The highest BCUT2D eigenvalue weighted by Gasteiger charge is 2.40. The minimum atomic E-state index is -0.821. The summed E-state index contributed by atoms with van der Waals surface area (Å²) in [5, 5.41) is 0. The van der Waals surface area contributed by atoms with Crippen molar-refractivity contribution in [1.29, 1.82) is 0 Å². The van der Waals surface area contributed by atoms with Gasteiger partial charge in [0.2, 0.25) is 0 Å². The van der Waals surface area contributed by atoms with Crippen molar-refractivity contribution in [3.05, 3.63) is 11.6 Å². The van der Waals surface area contributed by atoms with Crippen LogP contribution in [0.1, 0.15) is 41.0 Å². The number of carbonyl (C=O) groups excluding carboxylic acids is 3. The second-order valence-corrected chi connectivity index (χ2v) is 5.40. The molecule has 0 aliphatic heterocycles. The predicted octanol–water partition coefficient (Wildman–Crippen LogP) is 1.77. The molecule has 1 aliphatic rings. The molecule has 6 nitrogen and oxygen atoms in total. The standard InChI is InChI=1S/C15H22O6/c1-8(2)12-6-13(19-9(3)16)15(21-11(5)18)14(7-12)20-10(4)17/h6,8,13-15H,7H2,1-5H3/t13-,14-,15-/m1/s1. The first-order chi connectivity index (χ1) is 9.70. The molecule has 0 saturated heterocycles. The van der Waals surface area contributed by atoms with Crippen LogP contribution in [-0.2, 0) is 28.6 Å². The lowest BCUT2D eigenvalue weighted by atomic mass is 9.86. The van der Waals surface area contributed by atoms with E-state index in [9.17, 15) is 14.4 Å². The van der Waals surface area contributed by atoms with Gasteiger partial charge in [-0.3, -0.25) is 14.4 Å². The number of hydrogen-bond acceptors (Lipinski definition) is 6. The third kappa shape index (κ3) is 5.21. The molecule has 0 aromatic carbocycles. The molecule has 0 aromatic heterocycles. The van der Waals surface area contributed by atoms with Crippen LogP contribution in [-0.4, -0.2) is 36.2 Å². The molecule has 21 heavy (non-hydrogen) atoms. The minimum absolute atomic E-state index is 0.208. The monoisotopic (exact) mass is 298 g/mol. The number of esters is 3. The van der Waals surface area contributed by atoms with Crippen LogP contribution in [0.2, 0.25) is 0 Å². The van der Waals surface area contributed by atoms with Crippen LogP contribution in [0.3, 0.4) is 0 Å². The lowest BCUT2D eigenvalue weighted by molar-refractivity contribution is -0.180. The van der Waals surface area contributed by atoms with Crippen LogP contribution in [0.15, 0.2) is 11.6 Å². The summed E-state index contributed by atoms with van der Waals surface area (Å²) in [6.07, 6.45) is 0.00458. The quantitative estimate of drug-likeness (QED) is 0.447. The Hall–Kier alpha value is -1.85. The maximum absolute atomic E-state index is 11.3. The van der Waals surface area contributed by atoms with Crippen LogP contribution in [0.25, 0.3) is 0 Å². The molecular weight excluding hydrogens is 276 g/mol. The van der Waals surface area contributed by atoms with Crippen molar-refractivity contribution in [1.82, 2.24) is 0 Å². The topological polar surface area (TPSA) is 78.9 Å². The van der Waals surface area contributed by atoms with Crippen LogP contribution in [0, 0.1) is 5.92 Å². The van der Waals surface area contributed by atoms with Gasteiger partial charge in [-0.05, 0) is 12.0 Å². The average Bonchev–Trinajstić information content (AvgIpc) is 2.30. The zero-order chi connectivity index (χ0) is 16.2. The lowest BCUT2D eigenvalue weighted by Gasteiger charge is -2.36. The van der Waals surface area contributed by atoms with E-state index in [1.165, 1.54) is 20.8 Å². The maximum Gasteiger partial charge on any atom is 0.303 e. The summed E-state index contributed by atoms with van der Waals surface area (Å²) < 4.78 is 15.7. The molecule has 0 amide bonds. The van der Waals surface area contributed by atoms with Gasteiger partial charge in [0.25, 0.3) is 0 Å². The molecule has 1 aliphatic carbocycles. The van der Waals surface area contributed by atoms with E-state index in [1.54, 1.807) is 6.08 Å². The van der Waals surface area contributed by atoms with Gasteiger partial charge in [0, 0.05) is 27.2 Å². The van der Waals surface area contributed by atoms with E-state index in [4.69, 9.17) is 14.2 Å². The number of hydrogen-bond donors (Lipinski definition) is 0. The first kappa shape index (κ1) is 17.2. The second-order valence-electron chi connectivity index (χ2n) is 5.40. The van der Waals surface area contributed by atoms with Crippen molar-refractivity contribution < 1.29 is 28.6 Å². The van der Waals surface area contributed by atoms with E-state index in [1.807, 2.05) is 13.8 Å². The highest BCUT2D eigenvalue weighted by molar-refractivity contribution is 5.68. The molecule has 118 valence electrons. The van der Waals surface area contributed by atoms with Gasteiger partial charge < -0.3 is 14.2 Å². The van der Waals surface area contributed by atoms with Gasteiger partial charge in [-0.1, -0.05) is 19.4 Å². The van der Waals surface area contributed by atoms with Crippen LogP contribution in [0.4, 0.5) is 0 Å². The summed E-state index contributed by atoms with van der Waals surface area (Å²) in [6, 6.07) is 0. The smallest absolute Gasteiger partial charge is 0.303 e. The van der Waals surface area contributed by atoms with Crippen molar-refractivity contribution in [2.75, 3.05) is 0 Å². The van der Waals surface area contributed by atoms with E-state index in [2.05, 4.69) is 0 Å². The van der Waals surface area contributed by atoms with Crippen molar-refractivity contribution in [2.45, 2.75) is 59.4 Å². The molecule has 0 spiro atoms. The highest BCUT2D eigenvalue weighted by atomic mass is 16.6. The van der Waals surface area contributed by atoms with E-state index in [0.29, 0.717) is 6.42 Å². The fraction of sp³-hybridized carbons (Fsp3) is 0.667. The van der Waals surface area contributed by atoms with Gasteiger partial charge in [0.15, 0.2) is 12.2 Å². The molecule has 0 radical (unpaired) electrons. The van der Waals surface area contributed by atoms with Gasteiger partial charge in [-0.2, -0.15) is 0 Å². The van der Waals surface area contributed by atoms with Crippen molar-refractivity contribution in [3.63, 3.8) is 0 Å². The Kier molecular flexibility index (Phi) is 5.93. The minimum Gasteiger partial charge on any atom is -0.458 e. The number of ether oxygens (including phenoxy) is 3. The summed E-state index contributed by atoms with van der Waals surface area (Å²) >= 11 is 0. The average molecular weight is 298 g/mol. The molecule has 0 unspecified atom stereocenters. The first-order valence-corrected chi connectivity index (χ1v) is 6.93. The molecule has 3 atom stereocenters. The van der Waals surface area contributed by atoms with Crippen LogP contribution >= 0.6 is 0 Å². The summed E-state index contributed by atoms with van der Waals surface area (Å²) in [7, 11) is 0. The SMILES string of the molecule is CC(=O)O[C@@H]1[C@H](OC(C)=O)C=C(C(C)C)C[C@H]1OC(C)=O. The Bertz CT molecular complexity index is 451. The third-order valence-corrected chi connectivity index (χ3v) is 3.17. The third-order valence-electron chi connectivity index (χ3n) is 3.17. The Balaban J connectivity index is 3.09. The van der Waals surface area contributed by atoms with Gasteiger partial charge in [-0.15, -0.1) is 0 Å². The molecule has 0 heterocycles. The molecule has 0 bridgehead atoms. The van der Waals surface area contributed by atoms with Gasteiger partial charge in [0.1, 0.15) is 6.10 Å². The van der Waals surface area contributed by atoms with Crippen LogP contribution < -0.4 is 0 Å².